The summed E-state index contributed by atoms with van der Waals surface area (Å²) in [6.07, 6.45) is 3.65. The Morgan fingerprint density at radius 3 is 2.83 bits per heavy atom. The molecule has 2 N–H and O–H groups in total. The van der Waals surface area contributed by atoms with Gasteiger partial charge in [0.15, 0.2) is 0 Å². The van der Waals surface area contributed by atoms with E-state index in [1.54, 1.807) is 7.11 Å². The van der Waals surface area contributed by atoms with Crippen molar-refractivity contribution in [3.63, 3.8) is 0 Å². The van der Waals surface area contributed by atoms with E-state index in [1.807, 2.05) is 0 Å². The number of ether oxygens (including phenoxy) is 1. The van der Waals surface area contributed by atoms with E-state index in [0.717, 1.165) is 25.3 Å². The van der Waals surface area contributed by atoms with Gasteiger partial charge in [-0.2, -0.15) is 0 Å². The van der Waals surface area contributed by atoms with Gasteiger partial charge in [0.2, 0.25) is 0 Å². The molecule has 1 aromatic carbocycles. The molecule has 98 valence electrons. The van der Waals surface area contributed by atoms with Gasteiger partial charge in [0.1, 0.15) is 5.75 Å². The van der Waals surface area contributed by atoms with Gasteiger partial charge in [0.05, 0.1) is 7.11 Å². The van der Waals surface area contributed by atoms with Crippen LogP contribution in [-0.4, -0.2) is 32.1 Å². The second kappa shape index (κ2) is 4.25. The Hall–Kier alpha value is -1.06. The summed E-state index contributed by atoms with van der Waals surface area (Å²) in [5, 5.41) is 0. The van der Waals surface area contributed by atoms with E-state index in [-0.39, 0.29) is 0 Å². The number of benzene rings is 1. The van der Waals surface area contributed by atoms with E-state index in [4.69, 9.17) is 10.5 Å². The quantitative estimate of drug-likeness (QED) is 0.886. The first kappa shape index (κ1) is 12.0. The largest absolute Gasteiger partial charge is 0.497 e. The predicted octanol–water partition coefficient (Wildman–Crippen LogP) is 1.96. The van der Waals surface area contributed by atoms with Crippen LogP contribution in [0.4, 0.5) is 0 Å². The van der Waals surface area contributed by atoms with Crippen LogP contribution in [0.15, 0.2) is 18.2 Å². The lowest BCUT2D eigenvalue weighted by Crippen LogP contribution is -2.40. The zero-order valence-corrected chi connectivity index (χ0v) is 11.3. The summed E-state index contributed by atoms with van der Waals surface area (Å²) < 4.78 is 5.38. The molecule has 1 saturated carbocycles. The molecule has 1 aromatic rings. The molecule has 0 radical (unpaired) electrons. The average Bonchev–Trinajstić information content (AvgIpc) is 3.18. The third-order valence-electron chi connectivity index (χ3n) is 4.70. The molecule has 0 amide bonds. The highest BCUT2D eigenvalue weighted by Crippen LogP contribution is 2.57. The molecule has 3 rings (SSSR count). The van der Waals surface area contributed by atoms with Crippen LogP contribution < -0.4 is 10.5 Å². The van der Waals surface area contributed by atoms with Gasteiger partial charge in [0, 0.05) is 18.0 Å². The van der Waals surface area contributed by atoms with E-state index >= 15 is 0 Å². The Balaban J connectivity index is 2.05. The highest BCUT2D eigenvalue weighted by Gasteiger charge is 2.51. The monoisotopic (exact) mass is 246 g/mol. The second-order valence-electron chi connectivity index (χ2n) is 5.76. The van der Waals surface area contributed by atoms with Gasteiger partial charge in [-0.1, -0.05) is 6.07 Å². The van der Waals surface area contributed by atoms with Crippen LogP contribution in [0.3, 0.4) is 0 Å². The zero-order chi connectivity index (χ0) is 12.8. The van der Waals surface area contributed by atoms with Crippen LogP contribution in [0.25, 0.3) is 0 Å². The van der Waals surface area contributed by atoms with Gasteiger partial charge < -0.3 is 10.5 Å². The first-order valence-corrected chi connectivity index (χ1v) is 6.77. The minimum Gasteiger partial charge on any atom is -0.497 e. The van der Waals surface area contributed by atoms with Crippen molar-refractivity contribution in [1.82, 2.24) is 4.90 Å². The fourth-order valence-electron chi connectivity index (χ4n) is 3.39. The van der Waals surface area contributed by atoms with Crippen molar-refractivity contribution in [1.29, 1.82) is 0 Å². The molecule has 1 fully saturated rings. The van der Waals surface area contributed by atoms with E-state index in [2.05, 4.69) is 30.1 Å². The van der Waals surface area contributed by atoms with Gasteiger partial charge >= 0.3 is 0 Å². The number of likely N-dealkylation sites (N-methyl/N-ethyl adjacent to an activating group) is 1. The molecule has 1 atom stereocenters. The summed E-state index contributed by atoms with van der Waals surface area (Å²) in [7, 11) is 3.96. The summed E-state index contributed by atoms with van der Waals surface area (Å²) in [6, 6.07) is 6.98. The fraction of sp³-hybridized carbons (Fsp3) is 0.600. The number of nitrogens with zero attached hydrogens (tertiary/aromatic N) is 1. The Bertz CT molecular complexity index is 454. The Morgan fingerprint density at radius 2 is 2.22 bits per heavy atom. The van der Waals surface area contributed by atoms with E-state index in [1.165, 1.54) is 24.0 Å². The number of hydrogen-bond acceptors (Lipinski definition) is 3. The van der Waals surface area contributed by atoms with Crippen LogP contribution in [0.5, 0.6) is 5.75 Å². The van der Waals surface area contributed by atoms with Crippen molar-refractivity contribution in [3.05, 3.63) is 29.3 Å². The molecule has 1 aliphatic carbocycles. The fourth-order valence-corrected chi connectivity index (χ4v) is 3.39. The molecule has 2 aliphatic rings. The van der Waals surface area contributed by atoms with Crippen LogP contribution >= 0.6 is 0 Å². The van der Waals surface area contributed by atoms with Crippen molar-refractivity contribution in [2.75, 3.05) is 27.2 Å². The highest BCUT2D eigenvalue weighted by molar-refractivity contribution is 5.41. The summed E-state index contributed by atoms with van der Waals surface area (Å²) in [4.78, 5) is 2.47. The minimum atomic E-state index is 0.316. The number of nitrogens with two attached hydrogens (primary N) is 1. The molecule has 3 nitrogen and oxygen atoms in total. The summed E-state index contributed by atoms with van der Waals surface area (Å²) in [6.45, 7) is 1.92. The van der Waals surface area contributed by atoms with Crippen molar-refractivity contribution in [3.8, 4) is 5.75 Å². The van der Waals surface area contributed by atoms with Gasteiger partial charge in [-0.05, 0) is 56.1 Å². The highest BCUT2D eigenvalue weighted by atomic mass is 16.5. The third kappa shape index (κ3) is 1.73. The first-order chi connectivity index (χ1) is 8.70. The molecular weight excluding hydrogens is 224 g/mol. The summed E-state index contributed by atoms with van der Waals surface area (Å²) >= 11 is 0. The lowest BCUT2D eigenvalue weighted by atomic mass is 9.82. The maximum absolute atomic E-state index is 6.03. The predicted molar refractivity (Wildman–Crippen MR) is 72.8 cm³/mol. The molecule has 0 aromatic heterocycles. The van der Waals surface area contributed by atoms with E-state index < -0.39 is 0 Å². The van der Waals surface area contributed by atoms with Crippen molar-refractivity contribution in [2.45, 2.75) is 25.3 Å². The molecule has 3 heteroatoms. The average molecular weight is 246 g/mol. The standard InChI is InChI=1S/C15H22N2O/c1-17-8-5-11-3-4-12(18-2)9-13(11)14(17)15(10-16)6-7-15/h3-4,9,14H,5-8,10,16H2,1-2H3. The Morgan fingerprint density at radius 1 is 1.44 bits per heavy atom. The van der Waals surface area contributed by atoms with Crippen molar-refractivity contribution in [2.24, 2.45) is 11.1 Å². The van der Waals surface area contributed by atoms with Gasteiger partial charge in [-0.25, -0.2) is 0 Å². The molecule has 1 unspecified atom stereocenters. The molecule has 0 bridgehead atoms. The third-order valence-corrected chi connectivity index (χ3v) is 4.70. The minimum absolute atomic E-state index is 0.316. The second-order valence-corrected chi connectivity index (χ2v) is 5.76. The SMILES string of the molecule is COc1ccc2c(c1)C(C1(CN)CC1)N(C)CC2. The number of fused-ring (bicyclic) bond motifs is 1. The first-order valence-electron chi connectivity index (χ1n) is 6.77. The molecule has 1 aliphatic heterocycles. The Labute approximate surface area is 109 Å². The molecule has 0 spiro atoms. The van der Waals surface area contributed by atoms with Crippen molar-refractivity contribution < 1.29 is 4.74 Å². The smallest absolute Gasteiger partial charge is 0.119 e. The summed E-state index contributed by atoms with van der Waals surface area (Å²) in [5.41, 5.74) is 9.25. The van der Waals surface area contributed by atoms with Crippen molar-refractivity contribution >= 4 is 0 Å². The maximum Gasteiger partial charge on any atom is 0.119 e. The van der Waals surface area contributed by atoms with E-state index in [9.17, 15) is 0 Å². The lowest BCUT2D eigenvalue weighted by Gasteiger charge is -2.40. The van der Waals surface area contributed by atoms with Crippen LogP contribution in [0.2, 0.25) is 0 Å². The Kier molecular flexibility index (Phi) is 2.83. The molecule has 1 heterocycles. The van der Waals surface area contributed by atoms with E-state index in [0.29, 0.717) is 11.5 Å². The molecule has 18 heavy (non-hydrogen) atoms. The van der Waals surface area contributed by atoms with Crippen LogP contribution in [0.1, 0.15) is 30.0 Å². The molecule has 0 saturated heterocycles. The van der Waals surface area contributed by atoms with Crippen LogP contribution in [0, 0.1) is 5.41 Å². The summed E-state index contributed by atoms with van der Waals surface area (Å²) in [5.74, 6) is 0.960. The lowest BCUT2D eigenvalue weighted by molar-refractivity contribution is 0.152. The zero-order valence-electron chi connectivity index (χ0n) is 11.3. The van der Waals surface area contributed by atoms with Gasteiger partial charge in [-0.15, -0.1) is 0 Å². The number of methoxy groups -OCH3 is 1. The normalized spacial score (nSPS) is 25.6. The number of hydrogen-bond donors (Lipinski definition) is 1. The van der Waals surface area contributed by atoms with Gasteiger partial charge in [-0.3, -0.25) is 4.90 Å². The van der Waals surface area contributed by atoms with Gasteiger partial charge in [0.25, 0.3) is 0 Å². The topological polar surface area (TPSA) is 38.5 Å². The van der Waals surface area contributed by atoms with Crippen LogP contribution in [-0.2, 0) is 6.42 Å². The number of rotatable bonds is 3. The molecular formula is C15H22N2O. The maximum atomic E-state index is 6.03.